The third-order valence-electron chi connectivity index (χ3n) is 1.92. The quantitative estimate of drug-likeness (QED) is 0.871. The summed E-state index contributed by atoms with van der Waals surface area (Å²) in [4.78, 5) is -0.216. The van der Waals surface area contributed by atoms with Crippen LogP contribution in [0.5, 0.6) is 0 Å². The zero-order valence-electron chi connectivity index (χ0n) is 8.88. The minimum absolute atomic E-state index is 0.0841. The highest BCUT2D eigenvalue weighted by Crippen LogP contribution is 2.22. The van der Waals surface area contributed by atoms with Crippen LogP contribution in [0.4, 0.5) is 18.9 Å². The van der Waals surface area contributed by atoms with E-state index in [0.29, 0.717) is 0 Å². The van der Waals surface area contributed by atoms with Gasteiger partial charge in [0.05, 0.1) is 5.69 Å². The molecule has 0 atom stereocenters. The summed E-state index contributed by atoms with van der Waals surface area (Å²) in [6.07, 6.45) is -4.41. The van der Waals surface area contributed by atoms with E-state index in [-0.39, 0.29) is 10.6 Å². The van der Waals surface area contributed by atoms with Crippen LogP contribution in [0.1, 0.15) is 0 Å². The van der Waals surface area contributed by atoms with Gasteiger partial charge in [-0.25, -0.2) is 13.1 Å². The summed E-state index contributed by atoms with van der Waals surface area (Å²) in [5.41, 5.74) is -0.0841. The lowest BCUT2D eigenvalue weighted by molar-refractivity contribution is -0.115. The monoisotopic (exact) mass is 268 g/mol. The van der Waals surface area contributed by atoms with Crippen LogP contribution in [0, 0.1) is 0 Å². The van der Waals surface area contributed by atoms with Gasteiger partial charge in [0.2, 0.25) is 10.0 Å². The molecule has 0 radical (unpaired) electrons. The number of anilines is 1. The molecule has 0 aliphatic carbocycles. The maximum Gasteiger partial charge on any atom is 0.405 e. The first-order chi connectivity index (χ1) is 7.76. The number of nitrogens with one attached hydrogen (secondary N) is 2. The van der Waals surface area contributed by atoms with E-state index in [9.17, 15) is 21.6 Å². The molecule has 0 saturated carbocycles. The number of hydrogen-bond donors (Lipinski definition) is 2. The van der Waals surface area contributed by atoms with Crippen LogP contribution in [-0.4, -0.2) is 28.2 Å². The first kappa shape index (κ1) is 13.8. The molecule has 0 spiro atoms. The molecule has 17 heavy (non-hydrogen) atoms. The van der Waals surface area contributed by atoms with Gasteiger partial charge in [0, 0.05) is 0 Å². The van der Waals surface area contributed by atoms with E-state index < -0.39 is 22.7 Å². The Morgan fingerprint density at radius 1 is 1.24 bits per heavy atom. The van der Waals surface area contributed by atoms with Crippen molar-refractivity contribution in [2.75, 3.05) is 18.9 Å². The highest BCUT2D eigenvalue weighted by molar-refractivity contribution is 7.89. The van der Waals surface area contributed by atoms with E-state index in [1.54, 1.807) is 0 Å². The Labute approximate surface area is 96.9 Å². The normalized spacial score (nSPS) is 12.5. The molecule has 0 heterocycles. The van der Waals surface area contributed by atoms with Crippen molar-refractivity contribution in [3.8, 4) is 0 Å². The summed E-state index contributed by atoms with van der Waals surface area (Å²) >= 11 is 0. The first-order valence-electron chi connectivity index (χ1n) is 4.59. The Kier molecular flexibility index (Phi) is 3.99. The molecular formula is C9H11F3N2O2S. The molecule has 96 valence electrons. The Bertz CT molecular complexity index is 485. The zero-order chi connectivity index (χ0) is 13.1. The van der Waals surface area contributed by atoms with Crippen molar-refractivity contribution in [2.45, 2.75) is 11.1 Å². The molecule has 0 saturated heterocycles. The van der Waals surface area contributed by atoms with Crippen LogP contribution < -0.4 is 10.0 Å². The minimum Gasteiger partial charge on any atom is -0.375 e. The van der Waals surface area contributed by atoms with Gasteiger partial charge >= 0.3 is 6.18 Å². The average molecular weight is 268 g/mol. The zero-order valence-corrected chi connectivity index (χ0v) is 9.69. The molecular weight excluding hydrogens is 257 g/mol. The van der Waals surface area contributed by atoms with Gasteiger partial charge < -0.3 is 5.32 Å². The number of sulfonamides is 1. The minimum atomic E-state index is -4.41. The number of para-hydroxylation sites is 1. The van der Waals surface area contributed by atoms with Crippen molar-refractivity contribution >= 4 is 15.7 Å². The molecule has 0 unspecified atom stereocenters. The number of alkyl halides is 3. The second-order valence-electron chi connectivity index (χ2n) is 3.17. The van der Waals surface area contributed by atoms with Gasteiger partial charge in [-0.05, 0) is 19.2 Å². The molecule has 0 aromatic heterocycles. The Hall–Kier alpha value is -1.28. The Balaban J connectivity index is 3.02. The molecule has 0 aliphatic heterocycles. The topological polar surface area (TPSA) is 58.2 Å². The van der Waals surface area contributed by atoms with Crippen molar-refractivity contribution in [3.05, 3.63) is 24.3 Å². The summed E-state index contributed by atoms with van der Waals surface area (Å²) in [5, 5.41) is 2.05. The van der Waals surface area contributed by atoms with Gasteiger partial charge in [0.15, 0.2) is 0 Å². The molecule has 0 bridgehead atoms. The average Bonchev–Trinajstić information content (AvgIpc) is 2.26. The standard InChI is InChI=1S/C9H11F3N2O2S/c1-13-17(15,16)8-5-3-2-4-7(8)14-6-9(10,11)12/h2-5,13-14H,6H2,1H3. The predicted octanol–water partition coefficient (Wildman–Crippen LogP) is 1.57. The fourth-order valence-corrected chi connectivity index (χ4v) is 2.06. The molecule has 2 N–H and O–H groups in total. The van der Waals surface area contributed by atoms with E-state index in [1.165, 1.54) is 31.3 Å². The maximum atomic E-state index is 12.0. The lowest BCUT2D eigenvalue weighted by Crippen LogP contribution is -2.24. The second-order valence-corrected chi connectivity index (χ2v) is 5.03. The smallest absolute Gasteiger partial charge is 0.375 e. The van der Waals surface area contributed by atoms with E-state index >= 15 is 0 Å². The van der Waals surface area contributed by atoms with Crippen LogP contribution in [0.3, 0.4) is 0 Å². The SMILES string of the molecule is CNS(=O)(=O)c1ccccc1NCC(F)(F)F. The highest BCUT2D eigenvalue weighted by atomic mass is 32.2. The van der Waals surface area contributed by atoms with Crippen LogP contribution in [0.15, 0.2) is 29.2 Å². The Morgan fingerprint density at radius 2 is 1.82 bits per heavy atom. The molecule has 1 aromatic rings. The third kappa shape index (κ3) is 3.90. The summed E-state index contributed by atoms with van der Waals surface area (Å²) in [6, 6.07) is 5.39. The largest absolute Gasteiger partial charge is 0.405 e. The molecule has 0 fully saturated rings. The van der Waals surface area contributed by atoms with Gasteiger partial charge in [-0.3, -0.25) is 0 Å². The molecule has 4 nitrogen and oxygen atoms in total. The highest BCUT2D eigenvalue weighted by Gasteiger charge is 2.27. The van der Waals surface area contributed by atoms with Crippen molar-refractivity contribution in [2.24, 2.45) is 0 Å². The summed E-state index contributed by atoms with van der Waals surface area (Å²) in [7, 11) is -2.59. The number of halogens is 3. The lowest BCUT2D eigenvalue weighted by Gasteiger charge is -2.13. The van der Waals surface area contributed by atoms with Crippen LogP contribution >= 0.6 is 0 Å². The van der Waals surface area contributed by atoms with Crippen LogP contribution in [0.2, 0.25) is 0 Å². The maximum absolute atomic E-state index is 12.0. The molecule has 0 aliphatic rings. The fourth-order valence-electron chi connectivity index (χ4n) is 1.15. The summed E-state index contributed by atoms with van der Waals surface area (Å²) in [5.74, 6) is 0. The molecule has 1 rings (SSSR count). The fraction of sp³-hybridized carbons (Fsp3) is 0.333. The van der Waals surface area contributed by atoms with Gasteiger partial charge in [-0.15, -0.1) is 0 Å². The van der Waals surface area contributed by atoms with Gasteiger partial charge in [-0.2, -0.15) is 13.2 Å². The molecule has 8 heteroatoms. The van der Waals surface area contributed by atoms with Gasteiger partial charge in [-0.1, -0.05) is 12.1 Å². The number of hydrogen-bond acceptors (Lipinski definition) is 3. The molecule has 1 aromatic carbocycles. The third-order valence-corrected chi connectivity index (χ3v) is 3.40. The second kappa shape index (κ2) is 4.92. The molecule has 0 amide bonds. The lowest BCUT2D eigenvalue weighted by atomic mass is 10.3. The van der Waals surface area contributed by atoms with Gasteiger partial charge in [0.25, 0.3) is 0 Å². The summed E-state index contributed by atoms with van der Waals surface area (Å²) in [6.45, 7) is -1.29. The summed E-state index contributed by atoms with van der Waals surface area (Å²) < 4.78 is 61.1. The van der Waals surface area contributed by atoms with Crippen LogP contribution in [-0.2, 0) is 10.0 Å². The van der Waals surface area contributed by atoms with Crippen molar-refractivity contribution in [1.82, 2.24) is 4.72 Å². The first-order valence-corrected chi connectivity index (χ1v) is 6.08. The van der Waals surface area contributed by atoms with E-state index in [0.717, 1.165) is 0 Å². The van der Waals surface area contributed by atoms with E-state index in [1.807, 2.05) is 10.0 Å². The number of benzene rings is 1. The van der Waals surface area contributed by atoms with E-state index in [4.69, 9.17) is 0 Å². The Morgan fingerprint density at radius 3 is 2.35 bits per heavy atom. The van der Waals surface area contributed by atoms with Crippen molar-refractivity contribution in [3.63, 3.8) is 0 Å². The van der Waals surface area contributed by atoms with Crippen molar-refractivity contribution < 1.29 is 21.6 Å². The number of rotatable bonds is 4. The van der Waals surface area contributed by atoms with Crippen LogP contribution in [0.25, 0.3) is 0 Å². The van der Waals surface area contributed by atoms with Crippen molar-refractivity contribution in [1.29, 1.82) is 0 Å². The predicted molar refractivity (Wildman–Crippen MR) is 57.2 cm³/mol. The van der Waals surface area contributed by atoms with E-state index in [2.05, 4.69) is 0 Å². The van der Waals surface area contributed by atoms with Gasteiger partial charge in [0.1, 0.15) is 11.4 Å².